The van der Waals surface area contributed by atoms with E-state index in [-0.39, 0.29) is 5.82 Å². The summed E-state index contributed by atoms with van der Waals surface area (Å²) in [6.07, 6.45) is 1.10. The Morgan fingerprint density at radius 3 is 2.79 bits per heavy atom. The van der Waals surface area contributed by atoms with E-state index in [1.165, 1.54) is 12.1 Å². The van der Waals surface area contributed by atoms with Crippen LogP contribution < -0.4 is 10.2 Å². The molecule has 0 amide bonds. The number of rotatable bonds is 2. The molecule has 0 aliphatic carbocycles. The van der Waals surface area contributed by atoms with Crippen molar-refractivity contribution < 1.29 is 4.39 Å². The Hall–Kier alpha value is -2.05. The van der Waals surface area contributed by atoms with E-state index >= 15 is 0 Å². The standard InChI is InChI=1S/C18H19FN4S/c1-12-21-17(23-9-2-7-20-8-10-23)16-15(11-24-18(16)22-12)13-3-5-14(19)6-4-13/h3-6,11,20H,2,7-10H2,1H3. The number of hydrogen-bond acceptors (Lipinski definition) is 5. The minimum atomic E-state index is -0.218. The first-order valence-electron chi connectivity index (χ1n) is 8.20. The van der Waals surface area contributed by atoms with Crippen LogP contribution in [-0.4, -0.2) is 36.1 Å². The van der Waals surface area contributed by atoms with Crippen LogP contribution in [0.4, 0.5) is 10.2 Å². The third-order valence-corrected chi connectivity index (χ3v) is 5.19. The van der Waals surface area contributed by atoms with Gasteiger partial charge in [0.25, 0.3) is 0 Å². The maximum Gasteiger partial charge on any atom is 0.141 e. The first kappa shape index (κ1) is 15.5. The Balaban J connectivity index is 1.88. The zero-order valence-electron chi connectivity index (χ0n) is 13.6. The monoisotopic (exact) mass is 342 g/mol. The van der Waals surface area contributed by atoms with Gasteiger partial charge in [-0.3, -0.25) is 0 Å². The van der Waals surface area contributed by atoms with Crippen LogP contribution in [0.2, 0.25) is 0 Å². The molecule has 2 aromatic heterocycles. The molecule has 4 nitrogen and oxygen atoms in total. The minimum absolute atomic E-state index is 0.218. The molecule has 3 heterocycles. The van der Waals surface area contributed by atoms with E-state index in [0.29, 0.717) is 0 Å². The molecule has 124 valence electrons. The van der Waals surface area contributed by atoms with Gasteiger partial charge in [0.15, 0.2) is 0 Å². The molecule has 6 heteroatoms. The lowest BCUT2D eigenvalue weighted by Crippen LogP contribution is -2.29. The van der Waals surface area contributed by atoms with Crippen LogP contribution in [-0.2, 0) is 0 Å². The first-order valence-corrected chi connectivity index (χ1v) is 9.08. The molecule has 1 saturated heterocycles. The SMILES string of the molecule is Cc1nc(N2CCCNCC2)c2c(-c3ccc(F)cc3)csc2n1. The van der Waals surface area contributed by atoms with E-state index in [1.54, 1.807) is 11.3 Å². The number of aryl methyl sites for hydroxylation is 1. The second kappa shape index (κ2) is 6.45. The van der Waals surface area contributed by atoms with Crippen molar-refractivity contribution in [2.45, 2.75) is 13.3 Å². The maximum atomic E-state index is 13.3. The summed E-state index contributed by atoms with van der Waals surface area (Å²) in [6.45, 7) is 5.86. The summed E-state index contributed by atoms with van der Waals surface area (Å²) in [5.41, 5.74) is 2.09. The molecule has 1 aromatic carbocycles. The third-order valence-electron chi connectivity index (χ3n) is 4.32. The molecule has 1 aliphatic heterocycles. The van der Waals surface area contributed by atoms with Crippen molar-refractivity contribution in [2.75, 3.05) is 31.1 Å². The average molecular weight is 342 g/mol. The smallest absolute Gasteiger partial charge is 0.141 e. The molecule has 24 heavy (non-hydrogen) atoms. The summed E-state index contributed by atoms with van der Waals surface area (Å²) in [5.74, 6) is 1.58. The van der Waals surface area contributed by atoms with Gasteiger partial charge in [-0.2, -0.15) is 0 Å². The van der Waals surface area contributed by atoms with Crippen molar-refractivity contribution in [3.63, 3.8) is 0 Å². The summed E-state index contributed by atoms with van der Waals surface area (Å²) in [7, 11) is 0. The second-order valence-corrected chi connectivity index (χ2v) is 6.88. The highest BCUT2D eigenvalue weighted by molar-refractivity contribution is 7.17. The van der Waals surface area contributed by atoms with Gasteiger partial charge in [-0.05, 0) is 37.6 Å². The molecule has 0 radical (unpaired) electrons. The lowest BCUT2D eigenvalue weighted by Gasteiger charge is -2.22. The zero-order valence-corrected chi connectivity index (χ0v) is 14.4. The lowest BCUT2D eigenvalue weighted by molar-refractivity contribution is 0.628. The second-order valence-electron chi connectivity index (χ2n) is 6.02. The first-order chi connectivity index (χ1) is 11.7. The van der Waals surface area contributed by atoms with Crippen LogP contribution in [0.1, 0.15) is 12.2 Å². The Kier molecular flexibility index (Phi) is 4.16. The van der Waals surface area contributed by atoms with Gasteiger partial charge in [0.1, 0.15) is 22.3 Å². The molecule has 1 N–H and O–H groups in total. The average Bonchev–Trinajstić information content (AvgIpc) is 2.81. The molecule has 0 bridgehead atoms. The predicted molar refractivity (Wildman–Crippen MR) is 97.2 cm³/mol. The van der Waals surface area contributed by atoms with Crippen molar-refractivity contribution in [3.05, 3.63) is 41.3 Å². The molecular weight excluding hydrogens is 323 g/mol. The van der Waals surface area contributed by atoms with Gasteiger partial charge in [0, 0.05) is 30.6 Å². The fourth-order valence-electron chi connectivity index (χ4n) is 3.16. The highest BCUT2D eigenvalue weighted by Gasteiger charge is 2.19. The lowest BCUT2D eigenvalue weighted by atomic mass is 10.1. The van der Waals surface area contributed by atoms with E-state index in [2.05, 4.69) is 20.6 Å². The van der Waals surface area contributed by atoms with Crippen LogP contribution in [0.3, 0.4) is 0 Å². The summed E-state index contributed by atoms with van der Waals surface area (Å²) in [6, 6.07) is 6.65. The summed E-state index contributed by atoms with van der Waals surface area (Å²) in [5, 5.41) is 6.62. The van der Waals surface area contributed by atoms with Gasteiger partial charge in [-0.1, -0.05) is 12.1 Å². The molecule has 0 spiro atoms. The fraction of sp³-hybridized carbons (Fsp3) is 0.333. The number of aromatic nitrogens is 2. The van der Waals surface area contributed by atoms with Gasteiger partial charge in [-0.25, -0.2) is 14.4 Å². The zero-order chi connectivity index (χ0) is 16.5. The molecule has 0 saturated carbocycles. The normalized spacial score (nSPS) is 15.7. The van der Waals surface area contributed by atoms with Gasteiger partial charge in [0.05, 0.1) is 5.39 Å². The topological polar surface area (TPSA) is 41.1 Å². The number of nitrogens with one attached hydrogen (secondary N) is 1. The number of thiophene rings is 1. The number of fused-ring (bicyclic) bond motifs is 1. The molecule has 1 fully saturated rings. The number of nitrogens with zero attached hydrogens (tertiary/aromatic N) is 3. The molecule has 0 atom stereocenters. The minimum Gasteiger partial charge on any atom is -0.355 e. The summed E-state index contributed by atoms with van der Waals surface area (Å²) < 4.78 is 13.3. The largest absolute Gasteiger partial charge is 0.355 e. The van der Waals surface area contributed by atoms with Gasteiger partial charge >= 0.3 is 0 Å². The Morgan fingerprint density at radius 1 is 1.12 bits per heavy atom. The summed E-state index contributed by atoms with van der Waals surface area (Å²) >= 11 is 1.62. The molecule has 3 aromatic rings. The van der Waals surface area contributed by atoms with Crippen LogP contribution in [0, 0.1) is 12.7 Å². The molecular formula is C18H19FN4S. The highest BCUT2D eigenvalue weighted by Crippen LogP contribution is 2.38. The summed E-state index contributed by atoms with van der Waals surface area (Å²) in [4.78, 5) is 12.7. The highest BCUT2D eigenvalue weighted by atomic mass is 32.1. The molecule has 4 rings (SSSR count). The number of halogens is 1. The fourth-order valence-corrected chi connectivity index (χ4v) is 4.14. The predicted octanol–water partition coefficient (Wildman–Crippen LogP) is 3.61. The van der Waals surface area contributed by atoms with Crippen molar-refractivity contribution in [2.24, 2.45) is 0 Å². The van der Waals surface area contributed by atoms with Gasteiger partial charge < -0.3 is 10.2 Å². The van der Waals surface area contributed by atoms with Crippen LogP contribution in [0.15, 0.2) is 29.6 Å². The number of benzene rings is 1. The van der Waals surface area contributed by atoms with E-state index in [0.717, 1.165) is 65.6 Å². The van der Waals surface area contributed by atoms with E-state index < -0.39 is 0 Å². The van der Waals surface area contributed by atoms with Crippen molar-refractivity contribution in [1.82, 2.24) is 15.3 Å². The van der Waals surface area contributed by atoms with Gasteiger partial charge in [-0.15, -0.1) is 11.3 Å². The van der Waals surface area contributed by atoms with E-state index in [4.69, 9.17) is 4.98 Å². The maximum absolute atomic E-state index is 13.3. The Bertz CT molecular complexity index is 851. The Morgan fingerprint density at radius 2 is 1.96 bits per heavy atom. The quantitative estimate of drug-likeness (QED) is 0.772. The van der Waals surface area contributed by atoms with Gasteiger partial charge in [0.2, 0.25) is 0 Å². The van der Waals surface area contributed by atoms with Crippen LogP contribution >= 0.6 is 11.3 Å². The number of hydrogen-bond donors (Lipinski definition) is 1. The van der Waals surface area contributed by atoms with Crippen molar-refractivity contribution in [3.8, 4) is 11.1 Å². The van der Waals surface area contributed by atoms with E-state index in [1.807, 2.05) is 19.1 Å². The van der Waals surface area contributed by atoms with Crippen LogP contribution in [0.5, 0.6) is 0 Å². The van der Waals surface area contributed by atoms with Crippen molar-refractivity contribution >= 4 is 27.4 Å². The van der Waals surface area contributed by atoms with Crippen LogP contribution in [0.25, 0.3) is 21.3 Å². The van der Waals surface area contributed by atoms with Crippen molar-refractivity contribution in [1.29, 1.82) is 0 Å². The Labute approximate surface area is 144 Å². The van der Waals surface area contributed by atoms with E-state index in [9.17, 15) is 4.39 Å². The molecule has 0 unspecified atom stereocenters. The number of anilines is 1. The molecule has 1 aliphatic rings. The third kappa shape index (κ3) is 2.87.